The first-order chi connectivity index (χ1) is 9.56. The maximum atomic E-state index is 7.50. The molecule has 0 aromatic carbocycles. The molecular formula is C17H19MnO3-. The minimum atomic E-state index is 0. The molecule has 0 unspecified atom stereocenters. The number of hydrogen-bond acceptors (Lipinski definition) is 0. The summed E-state index contributed by atoms with van der Waals surface area (Å²) >= 11 is 0. The molecule has 2 bridgehead atoms. The Balaban J connectivity index is 0. The van der Waals surface area contributed by atoms with Crippen LogP contribution < -0.4 is 0 Å². The fraction of sp³-hybridized carbons (Fsp3) is 0.529. The molecule has 4 heteroatoms. The van der Waals surface area contributed by atoms with Gasteiger partial charge in [0.05, 0.1) is 0 Å². The summed E-state index contributed by atoms with van der Waals surface area (Å²) in [4.78, 5) is 0. The largest absolute Gasteiger partial charge is 0 e. The maximum absolute atomic E-state index is 7.50. The Morgan fingerprint density at radius 2 is 1.57 bits per heavy atom. The normalized spacial score (nSPS) is 34.1. The monoisotopic (exact) mass is 326 g/mol. The van der Waals surface area contributed by atoms with Gasteiger partial charge in [0.1, 0.15) is 0 Å². The van der Waals surface area contributed by atoms with Crippen LogP contribution in [0.1, 0.15) is 34.1 Å². The molecule has 3 aliphatic carbocycles. The van der Waals surface area contributed by atoms with Crippen molar-refractivity contribution in [2.75, 3.05) is 0 Å². The zero-order valence-electron chi connectivity index (χ0n) is 12.7. The molecule has 3 nitrogen and oxygen atoms in total. The van der Waals surface area contributed by atoms with Gasteiger partial charge in [0.25, 0.3) is 0 Å². The predicted octanol–water partition coefficient (Wildman–Crippen LogP) is 3.64. The van der Waals surface area contributed by atoms with Gasteiger partial charge in [0, 0.05) is 17.1 Å². The van der Waals surface area contributed by atoms with Crippen molar-refractivity contribution in [2.45, 2.75) is 34.1 Å². The van der Waals surface area contributed by atoms with Crippen LogP contribution in [0.25, 0.3) is 0 Å². The summed E-state index contributed by atoms with van der Waals surface area (Å²) < 4.78 is 22.5. The van der Waals surface area contributed by atoms with E-state index in [1.165, 1.54) is 6.42 Å². The van der Waals surface area contributed by atoms with Gasteiger partial charge >= 0.3 is 33.9 Å². The third-order valence-electron chi connectivity index (χ3n) is 5.48. The van der Waals surface area contributed by atoms with E-state index in [1.807, 2.05) is 0 Å². The van der Waals surface area contributed by atoms with E-state index in [2.05, 4.69) is 59.8 Å². The molecular weight excluding hydrogens is 307 g/mol. The SMILES string of the molecule is CC1=C(C)[C@]2(C)[C-](C)[C@@H]3C=C[C@@H]1[C@H]2C3.[C-]#[O+].[C-]#[O+].[C-]#[O+].[Mn]. The van der Waals surface area contributed by atoms with E-state index in [9.17, 15) is 0 Å². The van der Waals surface area contributed by atoms with E-state index < -0.39 is 0 Å². The minimum absolute atomic E-state index is 0. The Labute approximate surface area is 137 Å². The number of hydrogen-bond donors (Lipinski definition) is 0. The predicted molar refractivity (Wildman–Crippen MR) is 71.4 cm³/mol. The first-order valence-electron chi connectivity index (χ1n) is 6.38. The van der Waals surface area contributed by atoms with Crippen molar-refractivity contribution >= 4 is 0 Å². The first kappa shape index (κ1) is 22.5. The summed E-state index contributed by atoms with van der Waals surface area (Å²) in [7, 11) is 0. The fourth-order valence-electron chi connectivity index (χ4n) is 4.16. The van der Waals surface area contributed by atoms with Gasteiger partial charge in [0.2, 0.25) is 0 Å². The Bertz CT molecular complexity index is 458. The fourth-order valence-corrected chi connectivity index (χ4v) is 4.16. The molecule has 1 saturated carbocycles. The molecule has 0 spiro atoms. The van der Waals surface area contributed by atoms with Gasteiger partial charge < -0.3 is 0 Å². The van der Waals surface area contributed by atoms with Gasteiger partial charge in [-0.15, -0.1) is 17.4 Å². The van der Waals surface area contributed by atoms with Crippen LogP contribution in [0.5, 0.6) is 0 Å². The minimum Gasteiger partial charge on any atom is 0 e. The summed E-state index contributed by atoms with van der Waals surface area (Å²) in [5, 5.41) is 0. The summed E-state index contributed by atoms with van der Waals surface area (Å²) in [5.74, 6) is 4.14. The molecule has 0 amide bonds. The molecule has 4 atom stereocenters. The third-order valence-corrected chi connectivity index (χ3v) is 5.48. The van der Waals surface area contributed by atoms with Crippen LogP contribution in [0.15, 0.2) is 23.3 Å². The molecule has 0 aliphatic heterocycles. The van der Waals surface area contributed by atoms with Gasteiger partial charge in [-0.25, -0.2) is 0 Å². The second-order valence-electron chi connectivity index (χ2n) is 5.55. The number of rotatable bonds is 0. The Morgan fingerprint density at radius 3 is 2.05 bits per heavy atom. The van der Waals surface area contributed by atoms with E-state index in [0.717, 1.165) is 17.8 Å². The summed E-state index contributed by atoms with van der Waals surface area (Å²) in [6.07, 6.45) is 6.33. The van der Waals surface area contributed by atoms with E-state index >= 15 is 0 Å². The molecule has 0 aromatic rings. The molecule has 0 N–H and O–H groups in total. The molecule has 0 saturated heterocycles. The summed E-state index contributed by atoms with van der Waals surface area (Å²) in [6.45, 7) is 23.0. The van der Waals surface area contributed by atoms with Crippen LogP contribution in [0.4, 0.5) is 0 Å². The van der Waals surface area contributed by atoms with Gasteiger partial charge in [-0.1, -0.05) is 36.5 Å². The molecule has 1 fully saturated rings. The van der Waals surface area contributed by atoms with Gasteiger partial charge in [-0.2, -0.15) is 6.92 Å². The van der Waals surface area contributed by atoms with Crippen molar-refractivity contribution in [2.24, 2.45) is 23.2 Å². The van der Waals surface area contributed by atoms with Crippen LogP contribution in [0, 0.1) is 49.0 Å². The van der Waals surface area contributed by atoms with Crippen LogP contribution >= 0.6 is 0 Å². The number of allylic oxidation sites excluding steroid dienone is 4. The summed E-state index contributed by atoms with van der Waals surface area (Å²) in [5.41, 5.74) is 3.74. The van der Waals surface area contributed by atoms with Crippen molar-refractivity contribution in [1.82, 2.24) is 0 Å². The third kappa shape index (κ3) is 3.20. The molecule has 21 heavy (non-hydrogen) atoms. The first-order valence-corrected chi connectivity index (χ1v) is 6.38. The maximum Gasteiger partial charge on any atom is 0 e. The van der Waals surface area contributed by atoms with E-state index in [4.69, 9.17) is 14.0 Å². The molecule has 0 heterocycles. The Morgan fingerprint density at radius 1 is 1.10 bits per heavy atom. The van der Waals surface area contributed by atoms with Gasteiger partial charge in [0.15, 0.2) is 0 Å². The smallest absolute Gasteiger partial charge is 0 e. The van der Waals surface area contributed by atoms with Crippen LogP contribution in [-0.2, 0) is 31.0 Å². The van der Waals surface area contributed by atoms with Crippen molar-refractivity contribution in [3.8, 4) is 0 Å². The quantitative estimate of drug-likeness (QED) is 0.282. The van der Waals surface area contributed by atoms with Gasteiger partial charge in [-0.3, -0.25) is 5.92 Å². The Hall–Kier alpha value is -0.781. The molecule has 0 aromatic heterocycles. The van der Waals surface area contributed by atoms with Crippen LogP contribution in [0.3, 0.4) is 0 Å². The topological polar surface area (TPSA) is 59.7 Å². The van der Waals surface area contributed by atoms with E-state index in [1.54, 1.807) is 17.1 Å². The van der Waals surface area contributed by atoms with Crippen molar-refractivity contribution < 1.29 is 31.0 Å². The zero-order chi connectivity index (χ0) is 16.1. The average Bonchev–Trinajstić information content (AvgIpc) is 2.86. The van der Waals surface area contributed by atoms with Crippen molar-refractivity contribution in [3.63, 3.8) is 0 Å². The standard InChI is InChI=1S/C14H19.3CO.Mn/c1-8-9(2)14(4)10(3)11-5-6-12(8)13(14)7-11;3*1-2;/h5-6,11-13H,7H2,1-4H3;;;;/q-1;;;;/t11-,12+,13-,14-;;;;/m1..../s1. The Kier molecular flexibility index (Phi) is 9.94. The second-order valence-corrected chi connectivity index (χ2v) is 5.55. The van der Waals surface area contributed by atoms with Gasteiger partial charge in [-0.05, 0) is 19.8 Å². The van der Waals surface area contributed by atoms with Crippen LogP contribution in [0.2, 0.25) is 0 Å². The average molecular weight is 326 g/mol. The van der Waals surface area contributed by atoms with E-state index in [-0.39, 0.29) is 17.1 Å². The van der Waals surface area contributed by atoms with Crippen molar-refractivity contribution in [1.29, 1.82) is 0 Å². The number of fused-ring (bicyclic) bond motifs is 1. The van der Waals surface area contributed by atoms with E-state index in [0.29, 0.717) is 5.41 Å². The molecule has 3 rings (SSSR count). The zero-order valence-corrected chi connectivity index (χ0v) is 13.9. The molecule has 113 valence electrons. The molecule has 3 aliphatic rings. The second kappa shape index (κ2) is 9.28. The summed E-state index contributed by atoms with van der Waals surface area (Å²) in [6, 6.07) is 0. The molecule has 1 radical (unpaired) electrons. The van der Waals surface area contributed by atoms with Crippen molar-refractivity contribution in [3.05, 3.63) is 49.2 Å². The van der Waals surface area contributed by atoms with Crippen LogP contribution in [-0.4, -0.2) is 0 Å².